The Balaban J connectivity index is 1.31. The molecule has 49 heavy (non-hydrogen) atoms. The fourth-order valence-corrected chi connectivity index (χ4v) is 8.32. The summed E-state index contributed by atoms with van der Waals surface area (Å²) in [4.78, 5) is 15.8. The summed E-state index contributed by atoms with van der Waals surface area (Å²) >= 11 is 1.85. The van der Waals surface area contributed by atoms with Gasteiger partial charge in [0.1, 0.15) is 0 Å². The SMILES string of the molecule is c1ccc(-c2cccc3c2c(-c2nc(-c4ccc5ccccc5c4)nc(-c4ccc5ccccc5c4)n2)cc2c4ccccc4sc32)cc1. The van der Waals surface area contributed by atoms with Gasteiger partial charge in [-0.2, -0.15) is 0 Å². The first-order valence-corrected chi connectivity index (χ1v) is 17.3. The van der Waals surface area contributed by atoms with Crippen molar-refractivity contribution in [3.63, 3.8) is 0 Å². The third kappa shape index (κ3) is 4.68. The molecule has 10 aromatic rings. The van der Waals surface area contributed by atoms with Crippen LogP contribution in [0.25, 0.3) is 97.8 Å². The molecule has 0 unspecified atom stereocenters. The topological polar surface area (TPSA) is 38.7 Å². The predicted molar refractivity (Wildman–Crippen MR) is 207 cm³/mol. The lowest BCUT2D eigenvalue weighted by Crippen LogP contribution is -2.01. The Morgan fingerprint density at radius 1 is 0.347 bits per heavy atom. The zero-order valence-electron chi connectivity index (χ0n) is 26.3. The maximum atomic E-state index is 5.31. The minimum Gasteiger partial charge on any atom is -0.208 e. The number of benzene rings is 8. The fourth-order valence-electron chi connectivity index (χ4n) is 7.10. The molecule has 0 saturated heterocycles. The second-order valence-electron chi connectivity index (χ2n) is 12.4. The van der Waals surface area contributed by atoms with Gasteiger partial charge in [0, 0.05) is 47.6 Å². The lowest BCUT2D eigenvalue weighted by molar-refractivity contribution is 1.08. The molecule has 0 atom stereocenters. The first-order valence-electron chi connectivity index (χ1n) is 16.4. The van der Waals surface area contributed by atoms with Gasteiger partial charge in [-0.3, -0.25) is 0 Å². The van der Waals surface area contributed by atoms with Crippen molar-refractivity contribution in [2.24, 2.45) is 0 Å². The molecule has 0 spiro atoms. The normalized spacial score (nSPS) is 11.7. The molecular weight excluding hydrogens is 615 g/mol. The van der Waals surface area contributed by atoms with Gasteiger partial charge in [0.2, 0.25) is 0 Å². The summed E-state index contributed by atoms with van der Waals surface area (Å²) in [5.74, 6) is 1.96. The van der Waals surface area contributed by atoms with Crippen LogP contribution in [0.2, 0.25) is 0 Å². The lowest BCUT2D eigenvalue weighted by Gasteiger charge is -2.15. The second kappa shape index (κ2) is 11.2. The Morgan fingerprint density at radius 2 is 0.918 bits per heavy atom. The van der Waals surface area contributed by atoms with Crippen molar-refractivity contribution in [1.82, 2.24) is 15.0 Å². The molecule has 0 N–H and O–H groups in total. The maximum Gasteiger partial charge on any atom is 0.164 e. The Bertz CT molecular complexity index is 2790. The molecule has 8 aromatic carbocycles. The fraction of sp³-hybridized carbons (Fsp3) is 0. The smallest absolute Gasteiger partial charge is 0.164 e. The second-order valence-corrected chi connectivity index (χ2v) is 13.5. The maximum absolute atomic E-state index is 5.31. The number of hydrogen-bond acceptors (Lipinski definition) is 4. The summed E-state index contributed by atoms with van der Waals surface area (Å²) in [5.41, 5.74) is 5.23. The Labute approximate surface area is 286 Å². The van der Waals surface area contributed by atoms with E-state index in [1.54, 1.807) is 0 Å². The van der Waals surface area contributed by atoms with Gasteiger partial charge in [0.15, 0.2) is 17.5 Å². The first kappa shape index (κ1) is 27.8. The minimum atomic E-state index is 0.652. The van der Waals surface area contributed by atoms with Gasteiger partial charge in [-0.05, 0) is 56.9 Å². The first-order chi connectivity index (χ1) is 24.3. The Morgan fingerprint density at radius 3 is 1.61 bits per heavy atom. The summed E-state index contributed by atoms with van der Waals surface area (Å²) in [6.45, 7) is 0. The third-order valence-electron chi connectivity index (χ3n) is 9.48. The van der Waals surface area contributed by atoms with Crippen LogP contribution in [0, 0.1) is 0 Å². The minimum absolute atomic E-state index is 0.652. The predicted octanol–water partition coefficient (Wildman–Crippen LogP) is 12.4. The van der Waals surface area contributed by atoms with Crippen molar-refractivity contribution in [2.75, 3.05) is 0 Å². The number of aromatic nitrogens is 3. The molecule has 3 nitrogen and oxygen atoms in total. The van der Waals surface area contributed by atoms with Crippen LogP contribution in [0.5, 0.6) is 0 Å². The van der Waals surface area contributed by atoms with Crippen LogP contribution in [-0.2, 0) is 0 Å². The zero-order chi connectivity index (χ0) is 32.3. The van der Waals surface area contributed by atoms with Gasteiger partial charge in [-0.1, -0.05) is 140 Å². The number of nitrogens with zero attached hydrogens (tertiary/aromatic N) is 3. The third-order valence-corrected chi connectivity index (χ3v) is 10.7. The molecule has 0 radical (unpaired) electrons. The van der Waals surface area contributed by atoms with E-state index in [-0.39, 0.29) is 0 Å². The molecule has 2 aromatic heterocycles. The summed E-state index contributed by atoms with van der Waals surface area (Å²) < 4.78 is 2.54. The van der Waals surface area contributed by atoms with Gasteiger partial charge < -0.3 is 0 Å². The Kier molecular flexibility index (Phi) is 6.36. The van der Waals surface area contributed by atoms with Gasteiger partial charge in [0.25, 0.3) is 0 Å². The molecule has 2 heterocycles. The van der Waals surface area contributed by atoms with Crippen LogP contribution in [0.4, 0.5) is 0 Å². The highest BCUT2D eigenvalue weighted by Gasteiger charge is 2.20. The summed E-state index contributed by atoms with van der Waals surface area (Å²) in [7, 11) is 0. The quantitative estimate of drug-likeness (QED) is 0.192. The van der Waals surface area contributed by atoms with Crippen LogP contribution >= 0.6 is 11.3 Å². The molecule has 0 fully saturated rings. The molecule has 0 amide bonds. The molecule has 10 rings (SSSR count). The standard InChI is InChI=1S/C45H27N3S/c1-2-13-30(14-3-1)35-18-10-19-37-41(35)39(27-38-36-17-8-9-20-40(36)49-42(37)38)45-47-43(33-23-21-28-11-4-6-15-31(28)25-33)46-44(48-45)34-24-22-29-12-5-7-16-32(29)26-34/h1-27H. The molecule has 228 valence electrons. The van der Waals surface area contributed by atoms with E-state index in [0.29, 0.717) is 17.5 Å². The molecule has 0 aliphatic rings. The average Bonchev–Trinajstić information content (AvgIpc) is 3.56. The van der Waals surface area contributed by atoms with E-state index in [1.165, 1.54) is 36.3 Å². The molecule has 0 aliphatic carbocycles. The van der Waals surface area contributed by atoms with Crippen LogP contribution in [0.3, 0.4) is 0 Å². The molecule has 0 bridgehead atoms. The monoisotopic (exact) mass is 641 g/mol. The van der Waals surface area contributed by atoms with Crippen molar-refractivity contribution in [3.05, 3.63) is 164 Å². The van der Waals surface area contributed by atoms with Crippen LogP contribution in [0.15, 0.2) is 164 Å². The van der Waals surface area contributed by atoms with Crippen LogP contribution in [0.1, 0.15) is 0 Å². The van der Waals surface area contributed by atoms with E-state index < -0.39 is 0 Å². The molecule has 4 heteroatoms. The van der Waals surface area contributed by atoms with Gasteiger partial charge in [-0.15, -0.1) is 11.3 Å². The molecule has 0 saturated carbocycles. The van der Waals surface area contributed by atoms with Crippen LogP contribution < -0.4 is 0 Å². The van der Waals surface area contributed by atoms with E-state index in [1.807, 2.05) is 11.3 Å². The van der Waals surface area contributed by atoms with E-state index in [4.69, 9.17) is 15.0 Å². The number of thiophene rings is 1. The number of rotatable bonds is 4. The number of fused-ring (bicyclic) bond motifs is 7. The van der Waals surface area contributed by atoms with Crippen molar-refractivity contribution in [2.45, 2.75) is 0 Å². The molecule has 0 aliphatic heterocycles. The van der Waals surface area contributed by atoms with Crippen LogP contribution in [-0.4, -0.2) is 15.0 Å². The van der Waals surface area contributed by atoms with E-state index in [0.717, 1.165) is 44.0 Å². The zero-order valence-corrected chi connectivity index (χ0v) is 27.2. The largest absolute Gasteiger partial charge is 0.208 e. The van der Waals surface area contributed by atoms with Crippen molar-refractivity contribution < 1.29 is 0 Å². The van der Waals surface area contributed by atoms with Crippen molar-refractivity contribution in [3.8, 4) is 45.3 Å². The van der Waals surface area contributed by atoms with Gasteiger partial charge in [0.05, 0.1) is 0 Å². The summed E-state index contributed by atoms with van der Waals surface area (Å²) in [5, 5.41) is 9.48. The van der Waals surface area contributed by atoms with Crippen molar-refractivity contribution in [1.29, 1.82) is 0 Å². The van der Waals surface area contributed by atoms with E-state index in [2.05, 4.69) is 164 Å². The average molecular weight is 642 g/mol. The van der Waals surface area contributed by atoms with Gasteiger partial charge >= 0.3 is 0 Å². The lowest BCUT2D eigenvalue weighted by atomic mass is 9.92. The molecular formula is C45H27N3S. The highest BCUT2D eigenvalue weighted by atomic mass is 32.1. The van der Waals surface area contributed by atoms with Gasteiger partial charge in [-0.25, -0.2) is 15.0 Å². The summed E-state index contributed by atoms with van der Waals surface area (Å²) in [6.07, 6.45) is 0. The number of hydrogen-bond donors (Lipinski definition) is 0. The van der Waals surface area contributed by atoms with E-state index in [9.17, 15) is 0 Å². The Hall–Kier alpha value is -6.23. The van der Waals surface area contributed by atoms with Crippen molar-refractivity contribution >= 4 is 63.8 Å². The highest BCUT2D eigenvalue weighted by Crippen LogP contribution is 2.45. The van der Waals surface area contributed by atoms with E-state index >= 15 is 0 Å². The summed E-state index contributed by atoms with van der Waals surface area (Å²) in [6, 6.07) is 58.0. The highest BCUT2D eigenvalue weighted by molar-refractivity contribution is 7.26.